The van der Waals surface area contributed by atoms with Crippen LogP contribution in [0, 0.1) is 5.92 Å². The summed E-state index contributed by atoms with van der Waals surface area (Å²) in [5.74, 6) is 3.51. The molecule has 1 aromatic rings. The zero-order valence-corrected chi connectivity index (χ0v) is 20.9. The SMILES string of the molecule is CCOc1ccc(OCCC(C)CCCC(C)(C)OCC)c(CSC(C)(C)C)c1. The summed E-state index contributed by atoms with van der Waals surface area (Å²) in [5, 5.41) is 0. The molecule has 0 heterocycles. The molecule has 0 spiro atoms. The molecular formula is C25H44O3S. The summed E-state index contributed by atoms with van der Waals surface area (Å²) in [4.78, 5) is 0. The fraction of sp³-hybridized carbons (Fsp3) is 0.760. The van der Waals surface area contributed by atoms with Crippen molar-refractivity contribution < 1.29 is 14.2 Å². The lowest BCUT2D eigenvalue weighted by atomic mass is 9.95. The van der Waals surface area contributed by atoms with Crippen molar-refractivity contribution in [2.45, 2.75) is 97.2 Å². The second-order valence-electron chi connectivity index (χ2n) is 9.43. The summed E-state index contributed by atoms with van der Waals surface area (Å²) in [6.07, 6.45) is 4.60. The predicted molar refractivity (Wildman–Crippen MR) is 127 cm³/mol. The maximum absolute atomic E-state index is 6.20. The van der Waals surface area contributed by atoms with Gasteiger partial charge >= 0.3 is 0 Å². The molecule has 29 heavy (non-hydrogen) atoms. The van der Waals surface area contributed by atoms with E-state index in [0.29, 0.717) is 12.5 Å². The number of rotatable bonds is 14. The number of thioether (sulfide) groups is 1. The smallest absolute Gasteiger partial charge is 0.123 e. The quantitative estimate of drug-likeness (QED) is 0.309. The first kappa shape index (κ1) is 26.2. The molecule has 0 radical (unpaired) electrons. The normalized spacial score (nSPS) is 13.4. The van der Waals surface area contributed by atoms with Crippen molar-refractivity contribution in [1.82, 2.24) is 0 Å². The van der Waals surface area contributed by atoms with E-state index >= 15 is 0 Å². The van der Waals surface area contributed by atoms with Crippen LogP contribution in [0.1, 0.15) is 86.6 Å². The van der Waals surface area contributed by atoms with Crippen molar-refractivity contribution in [3.8, 4) is 11.5 Å². The van der Waals surface area contributed by atoms with Crippen LogP contribution in [0.4, 0.5) is 0 Å². The molecule has 168 valence electrons. The molecule has 0 aliphatic heterocycles. The monoisotopic (exact) mass is 424 g/mol. The largest absolute Gasteiger partial charge is 0.494 e. The van der Waals surface area contributed by atoms with Crippen molar-refractivity contribution >= 4 is 11.8 Å². The average molecular weight is 425 g/mol. The number of hydrogen-bond acceptors (Lipinski definition) is 4. The van der Waals surface area contributed by atoms with Gasteiger partial charge in [0.2, 0.25) is 0 Å². The van der Waals surface area contributed by atoms with Crippen molar-refractivity contribution in [3.63, 3.8) is 0 Å². The van der Waals surface area contributed by atoms with Gasteiger partial charge in [0.15, 0.2) is 0 Å². The second kappa shape index (κ2) is 12.7. The lowest BCUT2D eigenvalue weighted by Crippen LogP contribution is -2.24. The molecule has 0 aliphatic rings. The summed E-state index contributed by atoms with van der Waals surface area (Å²) in [6, 6.07) is 6.22. The van der Waals surface area contributed by atoms with E-state index in [0.717, 1.165) is 43.3 Å². The van der Waals surface area contributed by atoms with Crippen molar-refractivity contribution in [2.75, 3.05) is 19.8 Å². The third-order valence-corrected chi connectivity index (χ3v) is 6.20. The number of hydrogen-bond donors (Lipinski definition) is 0. The second-order valence-corrected chi connectivity index (χ2v) is 11.2. The minimum Gasteiger partial charge on any atom is -0.494 e. The molecular weight excluding hydrogens is 380 g/mol. The third kappa shape index (κ3) is 11.8. The summed E-state index contributed by atoms with van der Waals surface area (Å²) in [7, 11) is 0. The third-order valence-electron chi connectivity index (χ3n) is 4.88. The molecule has 1 rings (SSSR count). The minimum absolute atomic E-state index is 0.00704. The van der Waals surface area contributed by atoms with E-state index in [1.54, 1.807) is 0 Å². The Morgan fingerprint density at radius 3 is 2.31 bits per heavy atom. The maximum atomic E-state index is 6.20. The summed E-state index contributed by atoms with van der Waals surface area (Å²) >= 11 is 1.94. The van der Waals surface area contributed by atoms with Gasteiger partial charge in [0.05, 0.1) is 18.8 Å². The van der Waals surface area contributed by atoms with E-state index in [9.17, 15) is 0 Å². The Kier molecular flexibility index (Phi) is 11.5. The highest BCUT2D eigenvalue weighted by atomic mass is 32.2. The van der Waals surface area contributed by atoms with Crippen LogP contribution in [-0.2, 0) is 10.5 Å². The molecule has 1 aromatic carbocycles. The van der Waals surface area contributed by atoms with Gasteiger partial charge in [0, 0.05) is 22.7 Å². The lowest BCUT2D eigenvalue weighted by Gasteiger charge is -2.25. The number of benzene rings is 1. The zero-order chi connectivity index (χ0) is 21.9. The van der Waals surface area contributed by atoms with Crippen molar-refractivity contribution in [1.29, 1.82) is 0 Å². The van der Waals surface area contributed by atoms with Crippen molar-refractivity contribution in [2.24, 2.45) is 5.92 Å². The van der Waals surface area contributed by atoms with Crippen molar-refractivity contribution in [3.05, 3.63) is 23.8 Å². The van der Waals surface area contributed by atoms with Gasteiger partial charge < -0.3 is 14.2 Å². The van der Waals surface area contributed by atoms with Crippen LogP contribution in [-0.4, -0.2) is 30.2 Å². The van der Waals surface area contributed by atoms with Gasteiger partial charge in [-0.05, 0) is 64.7 Å². The highest BCUT2D eigenvalue weighted by Gasteiger charge is 2.18. The molecule has 0 aromatic heterocycles. The van der Waals surface area contributed by atoms with Gasteiger partial charge in [-0.25, -0.2) is 0 Å². The van der Waals surface area contributed by atoms with Crippen LogP contribution in [0.2, 0.25) is 0 Å². The van der Waals surface area contributed by atoms with Crippen LogP contribution < -0.4 is 9.47 Å². The highest BCUT2D eigenvalue weighted by Crippen LogP contribution is 2.33. The highest BCUT2D eigenvalue weighted by molar-refractivity contribution is 7.99. The fourth-order valence-electron chi connectivity index (χ4n) is 3.21. The topological polar surface area (TPSA) is 27.7 Å². The van der Waals surface area contributed by atoms with Crippen LogP contribution in [0.25, 0.3) is 0 Å². The van der Waals surface area contributed by atoms with E-state index in [1.807, 2.05) is 24.8 Å². The Balaban J connectivity index is 2.52. The lowest BCUT2D eigenvalue weighted by molar-refractivity contribution is -0.0183. The Hall–Kier alpha value is -0.870. The first-order valence-corrected chi connectivity index (χ1v) is 12.2. The maximum Gasteiger partial charge on any atom is 0.123 e. The molecule has 0 saturated carbocycles. The molecule has 1 unspecified atom stereocenters. The summed E-state index contributed by atoms with van der Waals surface area (Å²) < 4.78 is 17.9. The Bertz CT molecular complexity index is 578. The molecule has 0 amide bonds. The van der Waals surface area contributed by atoms with E-state index in [-0.39, 0.29) is 10.3 Å². The van der Waals surface area contributed by atoms with Gasteiger partial charge in [-0.15, -0.1) is 0 Å². The molecule has 0 aliphatic carbocycles. The van der Waals surface area contributed by atoms with E-state index in [2.05, 4.69) is 60.6 Å². The van der Waals surface area contributed by atoms with Gasteiger partial charge in [-0.2, -0.15) is 11.8 Å². The Morgan fingerprint density at radius 1 is 0.966 bits per heavy atom. The Labute approximate surface area is 184 Å². The van der Waals surface area contributed by atoms with Gasteiger partial charge in [-0.1, -0.05) is 40.5 Å². The first-order chi connectivity index (χ1) is 13.6. The molecule has 0 saturated heterocycles. The van der Waals surface area contributed by atoms with Crippen LogP contribution >= 0.6 is 11.8 Å². The molecule has 0 fully saturated rings. The Morgan fingerprint density at radius 2 is 1.69 bits per heavy atom. The molecule has 3 nitrogen and oxygen atoms in total. The first-order valence-electron chi connectivity index (χ1n) is 11.2. The molecule has 0 N–H and O–H groups in total. The molecule has 1 atom stereocenters. The average Bonchev–Trinajstić information content (AvgIpc) is 2.60. The van der Waals surface area contributed by atoms with Gasteiger partial charge in [0.25, 0.3) is 0 Å². The van der Waals surface area contributed by atoms with Crippen LogP contribution in [0.3, 0.4) is 0 Å². The summed E-state index contributed by atoms with van der Waals surface area (Å²) in [6.45, 7) is 19.8. The van der Waals surface area contributed by atoms with Gasteiger partial charge in [0.1, 0.15) is 11.5 Å². The minimum atomic E-state index is -0.00704. The standard InChI is InChI=1S/C25H44O3S/c1-9-26-22-13-14-23(21(18-22)19-29-24(4,5)6)27-17-15-20(3)12-11-16-25(7,8)28-10-2/h13-14,18,20H,9-12,15-17,19H2,1-8H3. The fourth-order valence-corrected chi connectivity index (χ4v) is 4.03. The zero-order valence-electron chi connectivity index (χ0n) is 20.1. The number of ether oxygens (including phenoxy) is 3. The molecule has 0 bridgehead atoms. The summed E-state index contributed by atoms with van der Waals surface area (Å²) in [5.41, 5.74) is 1.22. The van der Waals surface area contributed by atoms with Crippen LogP contribution in [0.5, 0.6) is 11.5 Å². The van der Waals surface area contributed by atoms with Gasteiger partial charge in [-0.3, -0.25) is 0 Å². The molecule has 4 heteroatoms. The predicted octanol–water partition coefficient (Wildman–Crippen LogP) is 7.51. The van der Waals surface area contributed by atoms with E-state index in [1.165, 1.54) is 18.4 Å². The van der Waals surface area contributed by atoms with E-state index < -0.39 is 0 Å². The van der Waals surface area contributed by atoms with E-state index in [4.69, 9.17) is 14.2 Å². The van der Waals surface area contributed by atoms with Crippen LogP contribution in [0.15, 0.2) is 18.2 Å².